The molecule has 72 valence electrons. The molecule has 5 nitrogen and oxygen atoms in total. The minimum atomic E-state index is -1.42. The second kappa shape index (κ2) is 4.39. The minimum Gasteiger partial charge on any atom is -0.479 e. The van der Waals surface area contributed by atoms with Crippen molar-refractivity contribution in [3.8, 4) is 0 Å². The van der Waals surface area contributed by atoms with Crippen molar-refractivity contribution < 1.29 is 20.1 Å². The maximum atomic E-state index is 10.2. The number of carboxylic acid groups (broad SMARTS) is 1. The number of hydrogen-bond acceptors (Lipinski definition) is 4. The number of nitrogens with one attached hydrogen (secondary N) is 1. The van der Waals surface area contributed by atoms with Gasteiger partial charge < -0.3 is 20.6 Å². The van der Waals surface area contributed by atoms with E-state index in [9.17, 15) is 4.79 Å². The Hall–Kier alpha value is -0.650. The molecule has 0 aromatic rings. The number of carbonyl (C=O) groups is 1. The van der Waals surface area contributed by atoms with E-state index in [2.05, 4.69) is 5.32 Å². The molecule has 0 heterocycles. The van der Waals surface area contributed by atoms with Crippen LogP contribution in [0.5, 0.6) is 0 Å². The normalized spacial score (nSPS) is 14.3. The lowest BCUT2D eigenvalue weighted by Crippen LogP contribution is -2.47. The van der Waals surface area contributed by atoms with E-state index in [1.807, 2.05) is 0 Å². The Balaban J connectivity index is 3.75. The molecule has 0 aliphatic carbocycles. The predicted molar refractivity (Wildman–Crippen MR) is 42.8 cm³/mol. The van der Waals surface area contributed by atoms with Crippen LogP contribution in [0, 0.1) is 0 Å². The molecule has 4 N–H and O–H groups in total. The lowest BCUT2D eigenvalue weighted by molar-refractivity contribution is -0.146. The molecule has 0 saturated carbocycles. The zero-order valence-corrected chi connectivity index (χ0v) is 7.24. The Labute approximate surface area is 71.0 Å². The first-order valence-corrected chi connectivity index (χ1v) is 3.66. The van der Waals surface area contributed by atoms with E-state index in [1.54, 1.807) is 13.8 Å². The summed E-state index contributed by atoms with van der Waals surface area (Å²) >= 11 is 0. The quantitative estimate of drug-likeness (QED) is 0.423. The van der Waals surface area contributed by atoms with E-state index in [-0.39, 0.29) is 13.2 Å². The van der Waals surface area contributed by atoms with Crippen LogP contribution >= 0.6 is 0 Å². The van der Waals surface area contributed by atoms with Crippen LogP contribution in [0.4, 0.5) is 0 Å². The molecule has 12 heavy (non-hydrogen) atoms. The number of hydrogen-bond donors (Lipinski definition) is 4. The Morgan fingerprint density at radius 1 is 1.58 bits per heavy atom. The van der Waals surface area contributed by atoms with Gasteiger partial charge in [-0.3, -0.25) is 0 Å². The monoisotopic (exact) mass is 177 g/mol. The van der Waals surface area contributed by atoms with Crippen LogP contribution in [-0.2, 0) is 4.79 Å². The van der Waals surface area contributed by atoms with Gasteiger partial charge in [-0.2, -0.15) is 0 Å². The second-order valence-electron chi connectivity index (χ2n) is 3.28. The molecule has 0 rings (SSSR count). The number of aliphatic hydroxyl groups excluding tert-OH is 2. The van der Waals surface area contributed by atoms with Crippen LogP contribution in [0.25, 0.3) is 0 Å². The number of β-amino-alcohol motifs (C(OH)–C–C–N with tert-alkyl or cyclic N) is 1. The molecule has 0 aromatic carbocycles. The molecule has 0 bridgehead atoms. The van der Waals surface area contributed by atoms with Gasteiger partial charge in [-0.1, -0.05) is 0 Å². The SMILES string of the molecule is CC(C)(CO)NCC(O)C(=O)O. The van der Waals surface area contributed by atoms with Crippen molar-refractivity contribution in [3.63, 3.8) is 0 Å². The molecule has 1 unspecified atom stereocenters. The van der Waals surface area contributed by atoms with Gasteiger partial charge in [-0.15, -0.1) is 0 Å². The van der Waals surface area contributed by atoms with Crippen LogP contribution in [0.3, 0.4) is 0 Å². The zero-order chi connectivity index (χ0) is 9.78. The molecule has 0 saturated heterocycles. The summed E-state index contributed by atoms with van der Waals surface area (Å²) in [6.07, 6.45) is -1.42. The third-order valence-corrected chi connectivity index (χ3v) is 1.45. The summed E-state index contributed by atoms with van der Waals surface area (Å²) in [5, 5.41) is 28.6. The minimum absolute atomic E-state index is 0.0666. The fourth-order valence-corrected chi connectivity index (χ4v) is 0.516. The smallest absolute Gasteiger partial charge is 0.333 e. The van der Waals surface area contributed by atoms with Gasteiger partial charge in [0.05, 0.1) is 6.61 Å². The topological polar surface area (TPSA) is 89.8 Å². The van der Waals surface area contributed by atoms with Crippen molar-refractivity contribution in [3.05, 3.63) is 0 Å². The van der Waals surface area contributed by atoms with Gasteiger partial charge in [-0.25, -0.2) is 4.79 Å². The summed E-state index contributed by atoms with van der Waals surface area (Å²) < 4.78 is 0. The van der Waals surface area contributed by atoms with Gasteiger partial charge in [0.15, 0.2) is 6.10 Å². The molecule has 0 spiro atoms. The molecule has 1 atom stereocenters. The van der Waals surface area contributed by atoms with E-state index >= 15 is 0 Å². The number of aliphatic hydroxyl groups is 2. The maximum Gasteiger partial charge on any atom is 0.333 e. The summed E-state index contributed by atoms with van der Waals surface area (Å²) in [5.74, 6) is -1.27. The third-order valence-electron chi connectivity index (χ3n) is 1.45. The molecule has 0 radical (unpaired) electrons. The Morgan fingerprint density at radius 3 is 2.42 bits per heavy atom. The van der Waals surface area contributed by atoms with Gasteiger partial charge >= 0.3 is 5.97 Å². The lowest BCUT2D eigenvalue weighted by Gasteiger charge is -2.24. The van der Waals surface area contributed by atoms with Crippen molar-refractivity contribution >= 4 is 5.97 Å². The Morgan fingerprint density at radius 2 is 2.08 bits per heavy atom. The van der Waals surface area contributed by atoms with Crippen LogP contribution in [0.2, 0.25) is 0 Å². The van der Waals surface area contributed by atoms with Crippen molar-refractivity contribution in [2.75, 3.05) is 13.2 Å². The van der Waals surface area contributed by atoms with Crippen LogP contribution in [0.1, 0.15) is 13.8 Å². The van der Waals surface area contributed by atoms with E-state index in [1.165, 1.54) is 0 Å². The Kier molecular flexibility index (Phi) is 4.16. The highest BCUT2D eigenvalue weighted by molar-refractivity contribution is 5.72. The van der Waals surface area contributed by atoms with Crippen LogP contribution < -0.4 is 5.32 Å². The predicted octanol–water partition coefficient (Wildman–Crippen LogP) is -1.21. The fourth-order valence-electron chi connectivity index (χ4n) is 0.516. The summed E-state index contributed by atoms with van der Waals surface area (Å²) in [7, 11) is 0. The second-order valence-corrected chi connectivity index (χ2v) is 3.28. The van der Waals surface area contributed by atoms with Crippen molar-refractivity contribution in [2.24, 2.45) is 0 Å². The van der Waals surface area contributed by atoms with Crippen LogP contribution in [-0.4, -0.2) is 46.1 Å². The van der Waals surface area contributed by atoms with Gasteiger partial charge in [0, 0.05) is 12.1 Å². The van der Waals surface area contributed by atoms with E-state index in [4.69, 9.17) is 15.3 Å². The van der Waals surface area contributed by atoms with Gasteiger partial charge in [0.2, 0.25) is 0 Å². The molecular weight excluding hydrogens is 162 g/mol. The van der Waals surface area contributed by atoms with E-state index < -0.39 is 17.6 Å². The standard InChI is InChI=1S/C7H15NO4/c1-7(2,4-9)8-3-5(10)6(11)12/h5,8-10H,3-4H2,1-2H3,(H,11,12). The molecule has 0 amide bonds. The van der Waals surface area contributed by atoms with Crippen LogP contribution in [0.15, 0.2) is 0 Å². The van der Waals surface area contributed by atoms with Crippen molar-refractivity contribution in [1.82, 2.24) is 5.32 Å². The van der Waals surface area contributed by atoms with E-state index in [0.717, 1.165) is 0 Å². The molecule has 0 aromatic heterocycles. The lowest BCUT2D eigenvalue weighted by atomic mass is 10.1. The highest BCUT2D eigenvalue weighted by Crippen LogP contribution is 1.99. The zero-order valence-electron chi connectivity index (χ0n) is 7.24. The van der Waals surface area contributed by atoms with Gasteiger partial charge in [0.1, 0.15) is 0 Å². The summed E-state index contributed by atoms with van der Waals surface area (Å²) in [5.41, 5.74) is -0.559. The summed E-state index contributed by atoms with van der Waals surface area (Å²) in [6.45, 7) is 3.24. The largest absolute Gasteiger partial charge is 0.479 e. The van der Waals surface area contributed by atoms with Crippen molar-refractivity contribution in [1.29, 1.82) is 0 Å². The maximum absolute atomic E-state index is 10.2. The number of carboxylic acids is 1. The molecular formula is C7H15NO4. The average molecular weight is 177 g/mol. The van der Waals surface area contributed by atoms with E-state index in [0.29, 0.717) is 0 Å². The number of aliphatic carboxylic acids is 1. The molecule has 0 fully saturated rings. The molecule has 0 aliphatic heterocycles. The van der Waals surface area contributed by atoms with Gasteiger partial charge in [0.25, 0.3) is 0 Å². The highest BCUT2D eigenvalue weighted by Gasteiger charge is 2.19. The first-order chi connectivity index (χ1) is 5.39. The third kappa shape index (κ3) is 4.27. The Bertz CT molecular complexity index is 157. The molecule has 0 aliphatic rings. The number of rotatable bonds is 5. The average Bonchev–Trinajstić information content (AvgIpc) is 2.00. The first kappa shape index (κ1) is 11.4. The first-order valence-electron chi connectivity index (χ1n) is 3.66. The summed E-state index contributed by atoms with van der Waals surface area (Å²) in [6, 6.07) is 0. The fraction of sp³-hybridized carbons (Fsp3) is 0.857. The van der Waals surface area contributed by atoms with Gasteiger partial charge in [-0.05, 0) is 13.8 Å². The molecule has 5 heteroatoms. The van der Waals surface area contributed by atoms with Crippen molar-refractivity contribution in [2.45, 2.75) is 25.5 Å². The highest BCUT2D eigenvalue weighted by atomic mass is 16.4. The summed E-state index contributed by atoms with van der Waals surface area (Å²) in [4.78, 5) is 10.2.